The van der Waals surface area contributed by atoms with Gasteiger partial charge in [0, 0.05) is 11.3 Å². The molecule has 3 aromatic carbocycles. The molecule has 0 radical (unpaired) electrons. The normalized spacial score (nSPS) is 11.1. The van der Waals surface area contributed by atoms with Crippen molar-refractivity contribution >= 4 is 44.9 Å². The zero-order valence-corrected chi connectivity index (χ0v) is 20.0. The van der Waals surface area contributed by atoms with E-state index in [9.17, 15) is 22.4 Å². The van der Waals surface area contributed by atoms with Crippen molar-refractivity contribution in [2.24, 2.45) is 0 Å². The summed E-state index contributed by atoms with van der Waals surface area (Å²) in [5.74, 6) is -1.48. The number of esters is 1. The molecule has 0 saturated heterocycles. The van der Waals surface area contributed by atoms with Crippen molar-refractivity contribution in [2.45, 2.75) is 13.5 Å². The van der Waals surface area contributed by atoms with Crippen LogP contribution in [0.5, 0.6) is 0 Å². The molecule has 0 saturated carbocycles. The molecule has 0 unspecified atom stereocenters. The number of nitrogens with one attached hydrogen (secondary N) is 1. The number of benzene rings is 3. The van der Waals surface area contributed by atoms with Gasteiger partial charge in [-0.1, -0.05) is 23.7 Å². The van der Waals surface area contributed by atoms with Gasteiger partial charge in [0.15, 0.2) is 0 Å². The lowest BCUT2D eigenvalue weighted by Crippen LogP contribution is -2.29. The van der Waals surface area contributed by atoms with Crippen LogP contribution >= 0.6 is 11.6 Å². The van der Waals surface area contributed by atoms with Crippen LogP contribution < -0.4 is 9.62 Å². The maximum Gasteiger partial charge on any atom is 0.339 e. The van der Waals surface area contributed by atoms with E-state index in [2.05, 4.69) is 5.32 Å². The van der Waals surface area contributed by atoms with E-state index in [1.165, 1.54) is 60.7 Å². The van der Waals surface area contributed by atoms with E-state index in [1.54, 1.807) is 13.0 Å². The van der Waals surface area contributed by atoms with Crippen molar-refractivity contribution in [1.29, 1.82) is 0 Å². The molecular weight excluding hydrogens is 483 g/mol. The average Bonchev–Trinajstić information content (AvgIpc) is 2.79. The Bertz CT molecular complexity index is 1300. The summed E-state index contributed by atoms with van der Waals surface area (Å²) in [5.41, 5.74) is 1.69. The Labute approximate surface area is 202 Å². The van der Waals surface area contributed by atoms with Gasteiger partial charge in [-0.15, -0.1) is 0 Å². The molecule has 178 valence electrons. The monoisotopic (exact) mass is 504 g/mol. The second kappa shape index (κ2) is 10.7. The lowest BCUT2D eigenvalue weighted by Gasteiger charge is -2.22. The Morgan fingerprint density at radius 1 is 1.03 bits per heavy atom. The van der Waals surface area contributed by atoms with Gasteiger partial charge in [-0.3, -0.25) is 9.10 Å². The molecule has 7 nitrogen and oxygen atoms in total. The van der Waals surface area contributed by atoms with E-state index >= 15 is 0 Å². The third-order valence-corrected chi connectivity index (χ3v) is 6.25. The zero-order chi connectivity index (χ0) is 24.9. The average molecular weight is 505 g/mol. The zero-order valence-electron chi connectivity index (χ0n) is 18.4. The lowest BCUT2D eigenvalue weighted by molar-refractivity contribution is 0.0526. The number of carbonyl (C=O) groups excluding carboxylic acids is 2. The summed E-state index contributed by atoms with van der Waals surface area (Å²) in [6.07, 6.45) is 1.07. The summed E-state index contributed by atoms with van der Waals surface area (Å²) in [4.78, 5) is 24.7. The number of rotatable bonds is 8. The topological polar surface area (TPSA) is 92.8 Å². The fraction of sp³-hybridized carbons (Fsp3) is 0.167. The summed E-state index contributed by atoms with van der Waals surface area (Å²) in [5, 5.41) is 2.87. The summed E-state index contributed by atoms with van der Waals surface area (Å²) in [7, 11) is -3.65. The van der Waals surface area contributed by atoms with Crippen molar-refractivity contribution in [3.8, 4) is 0 Å². The molecule has 0 fully saturated rings. The number of ether oxygens (including phenoxy) is 1. The Hall–Kier alpha value is -3.43. The van der Waals surface area contributed by atoms with Gasteiger partial charge in [-0.2, -0.15) is 0 Å². The van der Waals surface area contributed by atoms with Crippen LogP contribution in [0.1, 0.15) is 33.2 Å². The van der Waals surface area contributed by atoms with Crippen LogP contribution in [0.3, 0.4) is 0 Å². The van der Waals surface area contributed by atoms with E-state index in [-0.39, 0.29) is 29.3 Å². The number of amides is 1. The molecule has 0 spiro atoms. The summed E-state index contributed by atoms with van der Waals surface area (Å²) < 4.78 is 44.0. The smallest absolute Gasteiger partial charge is 0.339 e. The molecular formula is C24H22ClFN2O5S. The fourth-order valence-electron chi connectivity index (χ4n) is 3.11. The predicted molar refractivity (Wildman–Crippen MR) is 129 cm³/mol. The van der Waals surface area contributed by atoms with Crippen LogP contribution in [0.15, 0.2) is 66.7 Å². The molecule has 3 rings (SSSR count). The van der Waals surface area contributed by atoms with Crippen LogP contribution in [-0.4, -0.2) is 33.2 Å². The summed E-state index contributed by atoms with van der Waals surface area (Å²) in [6.45, 7) is 1.86. The van der Waals surface area contributed by atoms with Crippen LogP contribution in [0, 0.1) is 5.82 Å². The number of hydrogen-bond donors (Lipinski definition) is 1. The fourth-order valence-corrected chi connectivity index (χ4v) is 4.19. The highest BCUT2D eigenvalue weighted by molar-refractivity contribution is 7.92. The van der Waals surface area contributed by atoms with E-state index < -0.39 is 27.7 Å². The molecule has 1 N–H and O–H groups in total. The predicted octanol–water partition coefficient (Wildman–Crippen LogP) is 4.87. The largest absolute Gasteiger partial charge is 0.462 e. The Morgan fingerprint density at radius 2 is 1.68 bits per heavy atom. The quantitative estimate of drug-likeness (QED) is 0.442. The van der Waals surface area contributed by atoms with Gasteiger partial charge in [-0.05, 0) is 67.1 Å². The first-order valence-electron chi connectivity index (χ1n) is 10.2. The molecule has 10 heteroatoms. The Kier molecular flexibility index (Phi) is 7.90. The SMILES string of the molecule is CCOC(=O)c1cc(NC(=O)c2ccc(N(Cc3ccc(F)cc3)S(C)(=O)=O)cc2)ccc1Cl. The molecule has 0 aliphatic carbocycles. The number of hydrogen-bond acceptors (Lipinski definition) is 5. The van der Waals surface area contributed by atoms with Gasteiger partial charge in [0.05, 0.1) is 35.7 Å². The summed E-state index contributed by atoms with van der Waals surface area (Å²) in [6, 6.07) is 15.9. The van der Waals surface area contributed by atoms with Crippen LogP contribution in [0.2, 0.25) is 5.02 Å². The molecule has 1 amide bonds. The maximum atomic E-state index is 13.2. The number of carbonyl (C=O) groups is 2. The van der Waals surface area contributed by atoms with Gasteiger partial charge >= 0.3 is 5.97 Å². The van der Waals surface area contributed by atoms with E-state index in [0.717, 1.165) is 10.6 Å². The van der Waals surface area contributed by atoms with Crippen molar-refractivity contribution in [3.63, 3.8) is 0 Å². The minimum atomic E-state index is -3.65. The first kappa shape index (κ1) is 25.2. The number of sulfonamides is 1. The Balaban J connectivity index is 1.78. The molecule has 0 atom stereocenters. The lowest BCUT2D eigenvalue weighted by atomic mass is 10.1. The molecule has 0 aromatic heterocycles. The van der Waals surface area contributed by atoms with Crippen molar-refractivity contribution in [1.82, 2.24) is 0 Å². The van der Waals surface area contributed by atoms with E-state index in [0.29, 0.717) is 16.9 Å². The molecule has 3 aromatic rings. The van der Waals surface area contributed by atoms with Gasteiger partial charge in [0.2, 0.25) is 10.0 Å². The van der Waals surface area contributed by atoms with Crippen molar-refractivity contribution < 1.29 is 27.1 Å². The highest BCUT2D eigenvalue weighted by atomic mass is 35.5. The molecule has 0 aliphatic heterocycles. The highest BCUT2D eigenvalue weighted by Gasteiger charge is 2.19. The minimum Gasteiger partial charge on any atom is -0.462 e. The van der Waals surface area contributed by atoms with E-state index in [1.807, 2.05) is 0 Å². The number of halogens is 2. The van der Waals surface area contributed by atoms with Crippen molar-refractivity contribution in [2.75, 3.05) is 22.5 Å². The first-order valence-corrected chi connectivity index (χ1v) is 12.4. The van der Waals surface area contributed by atoms with Gasteiger partial charge < -0.3 is 10.1 Å². The highest BCUT2D eigenvalue weighted by Crippen LogP contribution is 2.24. The molecule has 0 aliphatic rings. The molecule has 0 heterocycles. The Morgan fingerprint density at radius 3 is 2.26 bits per heavy atom. The van der Waals surface area contributed by atoms with Crippen LogP contribution in [0.25, 0.3) is 0 Å². The maximum absolute atomic E-state index is 13.2. The standard InChI is InChI=1S/C24H22ClFN2O5S/c1-3-33-24(30)21-14-19(10-13-22(21)25)27-23(29)17-6-11-20(12-7-17)28(34(2,31)32)15-16-4-8-18(26)9-5-16/h4-14H,3,15H2,1-2H3,(H,27,29). The first-order chi connectivity index (χ1) is 16.1. The molecule has 0 bridgehead atoms. The molecule has 34 heavy (non-hydrogen) atoms. The third-order valence-electron chi connectivity index (χ3n) is 4.78. The van der Waals surface area contributed by atoms with Gasteiger partial charge in [0.25, 0.3) is 5.91 Å². The number of anilines is 2. The second-order valence-electron chi connectivity index (χ2n) is 7.31. The van der Waals surface area contributed by atoms with Crippen LogP contribution in [-0.2, 0) is 21.3 Å². The summed E-state index contributed by atoms with van der Waals surface area (Å²) >= 11 is 6.04. The third kappa shape index (κ3) is 6.33. The van der Waals surface area contributed by atoms with Crippen LogP contribution in [0.4, 0.5) is 15.8 Å². The van der Waals surface area contributed by atoms with Crippen molar-refractivity contribution in [3.05, 3.63) is 94.3 Å². The minimum absolute atomic E-state index is 0.00602. The van der Waals surface area contributed by atoms with Gasteiger partial charge in [0.1, 0.15) is 5.82 Å². The number of nitrogens with zero attached hydrogens (tertiary/aromatic N) is 1. The van der Waals surface area contributed by atoms with Gasteiger partial charge in [-0.25, -0.2) is 17.6 Å². The van der Waals surface area contributed by atoms with E-state index in [4.69, 9.17) is 16.3 Å². The second-order valence-corrected chi connectivity index (χ2v) is 9.63.